The number of aryl methyl sites for hydroxylation is 2. The number of H-pyrrole nitrogens is 4. The topological polar surface area (TPSA) is 70.9 Å². The van der Waals surface area contributed by atoms with Crippen LogP contribution in [0, 0.1) is 27.7 Å². The molecule has 0 fully saturated rings. The van der Waals surface area contributed by atoms with Crippen molar-refractivity contribution < 1.29 is 9.13 Å². The smallest absolute Gasteiger partial charge is 0.168 e. The fraction of sp³-hybridized carbons (Fsp3) is 0.318. The maximum absolute atomic E-state index is 3.92. The van der Waals surface area contributed by atoms with Gasteiger partial charge in [-0.2, -0.15) is 0 Å². The van der Waals surface area contributed by atoms with E-state index in [0.717, 1.165) is 51.6 Å². The number of rotatable bonds is 10. The van der Waals surface area contributed by atoms with E-state index in [-0.39, 0.29) is 0 Å². The Hall–Kier alpha value is -5.10. The second kappa shape index (κ2) is 14.4. The Morgan fingerprint density at radius 2 is 0.840 bits per heavy atom. The summed E-state index contributed by atoms with van der Waals surface area (Å²) in [6.45, 7) is 15.6. The number of nitrogens with one attached hydrogen (secondary N) is 4. The average molecular weight is 665 g/mol. The van der Waals surface area contributed by atoms with Crippen molar-refractivity contribution in [3.05, 3.63) is 150 Å². The van der Waals surface area contributed by atoms with Gasteiger partial charge in [0.25, 0.3) is 0 Å². The minimum absolute atomic E-state index is 0.972. The van der Waals surface area contributed by atoms with Gasteiger partial charge < -0.3 is 19.9 Å². The number of fused-ring (bicyclic) bond motifs is 8. The summed E-state index contributed by atoms with van der Waals surface area (Å²) in [5.41, 5.74) is 15.6. The summed E-state index contributed by atoms with van der Waals surface area (Å²) in [5, 5.41) is 4.74. The standard InChI is InChI=1S/C44H52N6/c1-7-33-29(3)37-25-38-31(5)35(17-15-23-49-19-11-9-12-20-49)43(47-38)28-44-36(18-16-24-50-21-13-10-14-22-50)32(6)40(48-44)27-42-34(8-2)30(4)39(46-42)26-41(33)45-37/h9-14,19-22,25-28,45-48H,7-8,15-18,23-24H2,1-6H3/q+2. The molecule has 0 unspecified atom stereocenters. The number of hydrogen-bond donors (Lipinski definition) is 4. The van der Waals surface area contributed by atoms with E-state index in [1.165, 1.54) is 88.7 Å². The maximum atomic E-state index is 3.92. The van der Waals surface area contributed by atoms with Gasteiger partial charge in [0.1, 0.15) is 13.1 Å². The molecule has 0 aromatic carbocycles. The van der Waals surface area contributed by atoms with E-state index in [1.54, 1.807) is 0 Å². The lowest BCUT2D eigenvalue weighted by Gasteiger charge is -2.03. The minimum Gasteiger partial charge on any atom is -0.355 e. The van der Waals surface area contributed by atoms with Crippen molar-refractivity contribution >= 4 is 24.3 Å². The monoisotopic (exact) mass is 664 g/mol. The van der Waals surface area contributed by atoms with E-state index in [1.807, 2.05) is 0 Å². The van der Waals surface area contributed by atoms with Crippen LogP contribution in [0.3, 0.4) is 0 Å². The summed E-state index contributed by atoms with van der Waals surface area (Å²) in [4.78, 5) is 15.5. The first-order valence-corrected chi connectivity index (χ1v) is 18.5. The van der Waals surface area contributed by atoms with Crippen molar-refractivity contribution in [3.63, 3.8) is 0 Å². The molecular formula is C44H52N6+2. The van der Waals surface area contributed by atoms with Gasteiger partial charge in [0, 0.05) is 81.3 Å². The third kappa shape index (κ3) is 6.59. The number of aromatic nitrogens is 6. The van der Waals surface area contributed by atoms with Crippen LogP contribution in [0.4, 0.5) is 0 Å². The Labute approximate surface area is 295 Å². The number of nitrogens with zero attached hydrogens (tertiary/aromatic N) is 2. The fourth-order valence-electron chi connectivity index (χ4n) is 7.96. The number of aromatic amines is 4. The van der Waals surface area contributed by atoms with Crippen LogP contribution in [0.2, 0.25) is 0 Å². The molecule has 6 aromatic rings. The largest absolute Gasteiger partial charge is 0.355 e. The Kier molecular flexibility index (Phi) is 9.62. The van der Waals surface area contributed by atoms with Crippen molar-refractivity contribution in [2.24, 2.45) is 0 Å². The fourth-order valence-corrected chi connectivity index (χ4v) is 7.96. The van der Waals surface area contributed by atoms with Crippen LogP contribution >= 0.6 is 0 Å². The highest BCUT2D eigenvalue weighted by molar-refractivity contribution is 5.65. The van der Waals surface area contributed by atoms with Crippen LogP contribution in [0.25, 0.3) is 24.3 Å². The summed E-state index contributed by atoms with van der Waals surface area (Å²) in [6.07, 6.45) is 24.1. The van der Waals surface area contributed by atoms with Gasteiger partial charge in [0.05, 0.1) is 0 Å². The first-order valence-electron chi connectivity index (χ1n) is 18.5. The number of hydrogen-bond acceptors (Lipinski definition) is 0. The molecule has 6 aromatic heterocycles. The molecule has 0 radical (unpaired) electrons. The Bertz CT molecular complexity index is 2380. The molecular weight excluding hydrogens is 613 g/mol. The van der Waals surface area contributed by atoms with Gasteiger partial charge in [-0.15, -0.1) is 0 Å². The van der Waals surface area contributed by atoms with Crippen molar-refractivity contribution in [2.45, 2.75) is 93.2 Å². The molecule has 50 heavy (non-hydrogen) atoms. The highest BCUT2D eigenvalue weighted by atomic mass is 14.9. The maximum Gasteiger partial charge on any atom is 0.168 e. The van der Waals surface area contributed by atoms with Crippen molar-refractivity contribution in [3.8, 4) is 0 Å². The third-order valence-corrected chi connectivity index (χ3v) is 10.9. The first kappa shape index (κ1) is 33.4. The molecule has 7 rings (SSSR count). The molecule has 1 aliphatic rings. The van der Waals surface area contributed by atoms with Gasteiger partial charge in [-0.05, 0) is 122 Å². The third-order valence-electron chi connectivity index (χ3n) is 10.9. The molecule has 7 heterocycles. The zero-order valence-electron chi connectivity index (χ0n) is 30.6. The van der Waals surface area contributed by atoms with Crippen LogP contribution < -0.4 is 30.5 Å². The molecule has 0 amide bonds. The van der Waals surface area contributed by atoms with Crippen molar-refractivity contribution in [1.82, 2.24) is 19.9 Å². The average Bonchev–Trinajstić information content (AvgIpc) is 3.79. The highest BCUT2D eigenvalue weighted by Crippen LogP contribution is 2.23. The zero-order valence-corrected chi connectivity index (χ0v) is 30.6. The molecule has 256 valence electrons. The second-order valence-corrected chi connectivity index (χ2v) is 13.9. The predicted molar refractivity (Wildman–Crippen MR) is 204 cm³/mol. The first-order chi connectivity index (χ1) is 24.3. The van der Waals surface area contributed by atoms with E-state index in [4.69, 9.17) is 0 Å². The van der Waals surface area contributed by atoms with Gasteiger partial charge >= 0.3 is 0 Å². The molecule has 0 aliphatic carbocycles. The summed E-state index contributed by atoms with van der Waals surface area (Å²) >= 11 is 0. The van der Waals surface area contributed by atoms with Gasteiger partial charge in [-0.3, -0.25) is 0 Å². The van der Waals surface area contributed by atoms with Crippen LogP contribution in [-0.2, 0) is 38.8 Å². The van der Waals surface area contributed by atoms with E-state index < -0.39 is 0 Å². The minimum atomic E-state index is 0.972. The van der Waals surface area contributed by atoms with E-state index >= 15 is 0 Å². The molecule has 6 nitrogen and oxygen atoms in total. The molecule has 6 heteroatoms. The van der Waals surface area contributed by atoms with Crippen LogP contribution in [0.15, 0.2) is 61.2 Å². The molecule has 4 N–H and O–H groups in total. The molecule has 0 saturated carbocycles. The Balaban J connectivity index is 1.43. The number of pyridine rings is 2. The van der Waals surface area contributed by atoms with Gasteiger partial charge in [-0.25, -0.2) is 9.13 Å². The quantitative estimate of drug-likeness (QED) is 0.152. The Morgan fingerprint density at radius 1 is 0.420 bits per heavy atom. The lowest BCUT2D eigenvalue weighted by Crippen LogP contribution is -2.32. The zero-order chi connectivity index (χ0) is 34.8. The molecule has 0 saturated heterocycles. The second-order valence-electron chi connectivity index (χ2n) is 13.9. The molecule has 1 aliphatic heterocycles. The molecule has 8 bridgehead atoms. The van der Waals surface area contributed by atoms with Crippen LogP contribution in [0.1, 0.15) is 94.0 Å². The van der Waals surface area contributed by atoms with Crippen LogP contribution in [-0.4, -0.2) is 19.9 Å². The highest BCUT2D eigenvalue weighted by Gasteiger charge is 2.17. The summed E-state index contributed by atoms with van der Waals surface area (Å²) < 4.78 is 4.56. The van der Waals surface area contributed by atoms with E-state index in [2.05, 4.69) is 156 Å². The van der Waals surface area contributed by atoms with Gasteiger partial charge in [0.15, 0.2) is 24.8 Å². The summed E-state index contributed by atoms with van der Waals surface area (Å²) in [6, 6.07) is 12.6. The van der Waals surface area contributed by atoms with E-state index in [0.29, 0.717) is 0 Å². The molecule has 0 spiro atoms. The summed E-state index contributed by atoms with van der Waals surface area (Å²) in [5.74, 6) is 0. The van der Waals surface area contributed by atoms with Gasteiger partial charge in [0.2, 0.25) is 0 Å². The van der Waals surface area contributed by atoms with Crippen LogP contribution in [0.5, 0.6) is 0 Å². The van der Waals surface area contributed by atoms with E-state index in [9.17, 15) is 0 Å². The van der Waals surface area contributed by atoms with Crippen molar-refractivity contribution in [1.29, 1.82) is 0 Å². The van der Waals surface area contributed by atoms with Gasteiger partial charge in [-0.1, -0.05) is 26.0 Å². The Morgan fingerprint density at radius 3 is 1.40 bits per heavy atom. The predicted octanol–water partition coefficient (Wildman–Crippen LogP) is 4.83. The SMILES string of the molecule is CCc1c2[nH]c(c1C)C=c1[nH]c(c(CCC[n+]3ccccc3)c1C)=Cc1[nH]c(c(C)c1CCC[n+]1ccccc1)C=c1[nH]c(c(C)c1CC)=C2. The van der Waals surface area contributed by atoms with Crippen molar-refractivity contribution in [2.75, 3.05) is 0 Å². The lowest BCUT2D eigenvalue weighted by molar-refractivity contribution is -0.697. The lowest BCUT2D eigenvalue weighted by atomic mass is 10.0. The normalized spacial score (nSPS) is 12.3. The molecule has 0 atom stereocenters. The summed E-state index contributed by atoms with van der Waals surface area (Å²) in [7, 11) is 0.